The third kappa shape index (κ3) is 5.14. The molecular formula is C13H24N4O. The van der Waals surface area contributed by atoms with Crippen molar-refractivity contribution in [3.8, 4) is 0 Å². The van der Waals surface area contributed by atoms with Gasteiger partial charge in [-0.1, -0.05) is 19.1 Å². The molecule has 102 valence electrons. The van der Waals surface area contributed by atoms with Crippen LogP contribution in [0.4, 0.5) is 0 Å². The first-order valence-electron chi connectivity index (χ1n) is 6.91. The first-order chi connectivity index (χ1) is 8.74. The first-order valence-corrected chi connectivity index (χ1v) is 6.91. The fraction of sp³-hybridized carbons (Fsp3) is 0.846. The van der Waals surface area contributed by atoms with Gasteiger partial charge in [0.1, 0.15) is 0 Å². The Hall–Kier alpha value is -0.940. The Labute approximate surface area is 109 Å². The number of rotatable bonds is 9. The average Bonchev–Trinajstić information content (AvgIpc) is 3.04. The Bertz CT molecular complexity index is 347. The van der Waals surface area contributed by atoms with Gasteiger partial charge in [0, 0.05) is 19.3 Å². The Morgan fingerprint density at radius 2 is 2.33 bits per heavy atom. The van der Waals surface area contributed by atoms with Crippen LogP contribution in [0.2, 0.25) is 0 Å². The molecule has 1 saturated carbocycles. The molecule has 1 N–H and O–H groups in total. The van der Waals surface area contributed by atoms with Crippen LogP contribution in [0, 0.1) is 11.8 Å². The van der Waals surface area contributed by atoms with E-state index >= 15 is 0 Å². The molecule has 1 aliphatic carbocycles. The average molecular weight is 252 g/mol. The molecule has 0 bridgehead atoms. The predicted octanol–water partition coefficient (Wildman–Crippen LogP) is 1.45. The van der Waals surface area contributed by atoms with Crippen molar-refractivity contribution in [2.45, 2.75) is 39.8 Å². The highest BCUT2D eigenvalue weighted by atomic mass is 16.5. The van der Waals surface area contributed by atoms with E-state index in [0.717, 1.165) is 44.5 Å². The van der Waals surface area contributed by atoms with Gasteiger partial charge in [-0.05, 0) is 31.2 Å². The van der Waals surface area contributed by atoms with Gasteiger partial charge < -0.3 is 10.1 Å². The molecule has 1 aromatic heterocycles. The van der Waals surface area contributed by atoms with E-state index in [4.69, 9.17) is 4.74 Å². The van der Waals surface area contributed by atoms with E-state index in [9.17, 15) is 0 Å². The molecular weight excluding hydrogens is 228 g/mol. The van der Waals surface area contributed by atoms with Crippen molar-refractivity contribution in [2.24, 2.45) is 11.8 Å². The molecule has 2 rings (SSSR count). The van der Waals surface area contributed by atoms with Gasteiger partial charge in [-0.15, -0.1) is 5.10 Å². The highest BCUT2D eigenvalue weighted by molar-refractivity contribution is 4.91. The molecule has 0 atom stereocenters. The number of hydrogen-bond donors (Lipinski definition) is 1. The van der Waals surface area contributed by atoms with Crippen molar-refractivity contribution in [1.29, 1.82) is 0 Å². The summed E-state index contributed by atoms with van der Waals surface area (Å²) in [5.74, 6) is 1.49. The quantitative estimate of drug-likeness (QED) is 0.676. The molecule has 1 fully saturated rings. The van der Waals surface area contributed by atoms with E-state index in [1.807, 2.05) is 10.9 Å². The second kappa shape index (κ2) is 6.85. The molecule has 0 saturated heterocycles. The zero-order valence-corrected chi connectivity index (χ0v) is 11.4. The number of ether oxygens (including phenoxy) is 1. The summed E-state index contributed by atoms with van der Waals surface area (Å²) in [5.41, 5.74) is 0.998. The smallest absolute Gasteiger partial charge is 0.0964 e. The summed E-state index contributed by atoms with van der Waals surface area (Å²) in [4.78, 5) is 0. The highest BCUT2D eigenvalue weighted by Crippen LogP contribution is 2.28. The van der Waals surface area contributed by atoms with E-state index in [1.165, 1.54) is 12.8 Å². The van der Waals surface area contributed by atoms with Crippen molar-refractivity contribution in [2.75, 3.05) is 19.8 Å². The van der Waals surface area contributed by atoms with Gasteiger partial charge in [-0.2, -0.15) is 0 Å². The highest BCUT2D eigenvalue weighted by Gasteiger charge is 2.20. The van der Waals surface area contributed by atoms with Crippen LogP contribution in [-0.2, 0) is 17.8 Å². The zero-order valence-electron chi connectivity index (χ0n) is 11.4. The van der Waals surface area contributed by atoms with Crippen molar-refractivity contribution in [3.05, 3.63) is 11.9 Å². The minimum Gasteiger partial charge on any atom is -0.379 e. The lowest BCUT2D eigenvalue weighted by atomic mass is 10.2. The predicted molar refractivity (Wildman–Crippen MR) is 70.1 cm³/mol. The maximum Gasteiger partial charge on any atom is 0.0964 e. The van der Waals surface area contributed by atoms with Crippen LogP contribution in [0.3, 0.4) is 0 Å². The minimum absolute atomic E-state index is 0.663. The monoisotopic (exact) mass is 252 g/mol. The minimum atomic E-state index is 0.663. The van der Waals surface area contributed by atoms with Crippen molar-refractivity contribution in [1.82, 2.24) is 20.3 Å². The molecule has 1 aliphatic rings. The van der Waals surface area contributed by atoms with E-state index < -0.39 is 0 Å². The SMILES string of the molecule is CC(C)CNCc1cn(CCOCC2CC2)nn1. The fourth-order valence-electron chi connectivity index (χ4n) is 1.71. The first kappa shape index (κ1) is 13.5. The molecule has 5 nitrogen and oxygen atoms in total. The maximum absolute atomic E-state index is 5.58. The molecule has 0 radical (unpaired) electrons. The topological polar surface area (TPSA) is 52.0 Å². The molecule has 1 aromatic rings. The van der Waals surface area contributed by atoms with Crippen molar-refractivity contribution in [3.63, 3.8) is 0 Å². The van der Waals surface area contributed by atoms with E-state index in [0.29, 0.717) is 5.92 Å². The third-order valence-corrected chi connectivity index (χ3v) is 2.96. The van der Waals surface area contributed by atoms with Crippen molar-refractivity contribution < 1.29 is 4.74 Å². The second-order valence-electron chi connectivity index (χ2n) is 5.52. The summed E-state index contributed by atoms with van der Waals surface area (Å²) in [7, 11) is 0. The number of nitrogens with zero attached hydrogens (tertiary/aromatic N) is 3. The maximum atomic E-state index is 5.58. The van der Waals surface area contributed by atoms with Gasteiger partial charge in [-0.3, -0.25) is 0 Å². The summed E-state index contributed by atoms with van der Waals surface area (Å²) in [6.45, 7) is 8.64. The number of aromatic nitrogens is 3. The summed E-state index contributed by atoms with van der Waals surface area (Å²) in [5, 5.41) is 11.6. The van der Waals surface area contributed by atoms with Gasteiger partial charge in [0.2, 0.25) is 0 Å². The number of nitrogens with one attached hydrogen (secondary N) is 1. The van der Waals surface area contributed by atoms with Crippen LogP contribution in [0.15, 0.2) is 6.20 Å². The fourth-order valence-corrected chi connectivity index (χ4v) is 1.71. The standard InChI is InChI=1S/C13H24N4O/c1-11(2)7-14-8-13-9-17(16-15-13)5-6-18-10-12-3-4-12/h9,11-12,14H,3-8,10H2,1-2H3. The Morgan fingerprint density at radius 3 is 3.06 bits per heavy atom. The van der Waals surface area contributed by atoms with Crippen LogP contribution in [0.5, 0.6) is 0 Å². The second-order valence-corrected chi connectivity index (χ2v) is 5.52. The molecule has 0 amide bonds. The largest absolute Gasteiger partial charge is 0.379 e. The Kier molecular flexibility index (Phi) is 5.13. The molecule has 5 heteroatoms. The molecule has 0 aromatic carbocycles. The van der Waals surface area contributed by atoms with Crippen LogP contribution in [0.25, 0.3) is 0 Å². The van der Waals surface area contributed by atoms with E-state index in [2.05, 4.69) is 29.5 Å². The lowest BCUT2D eigenvalue weighted by Gasteiger charge is -2.04. The molecule has 0 spiro atoms. The summed E-state index contributed by atoms with van der Waals surface area (Å²) in [6.07, 6.45) is 4.68. The molecule has 1 heterocycles. The van der Waals surface area contributed by atoms with Gasteiger partial charge in [0.25, 0.3) is 0 Å². The zero-order chi connectivity index (χ0) is 12.8. The van der Waals surface area contributed by atoms with Gasteiger partial charge in [0.05, 0.1) is 18.8 Å². The Morgan fingerprint density at radius 1 is 1.50 bits per heavy atom. The lowest BCUT2D eigenvalue weighted by molar-refractivity contribution is 0.114. The molecule has 18 heavy (non-hydrogen) atoms. The summed E-state index contributed by atoms with van der Waals surface area (Å²) in [6, 6.07) is 0. The van der Waals surface area contributed by atoms with Gasteiger partial charge in [-0.25, -0.2) is 4.68 Å². The van der Waals surface area contributed by atoms with Gasteiger partial charge >= 0.3 is 0 Å². The third-order valence-electron chi connectivity index (χ3n) is 2.96. The van der Waals surface area contributed by atoms with Crippen molar-refractivity contribution >= 4 is 0 Å². The van der Waals surface area contributed by atoms with Crippen LogP contribution >= 0.6 is 0 Å². The van der Waals surface area contributed by atoms with Crippen LogP contribution in [-0.4, -0.2) is 34.8 Å². The number of hydrogen-bond acceptors (Lipinski definition) is 4. The molecule has 0 unspecified atom stereocenters. The van der Waals surface area contributed by atoms with E-state index in [1.54, 1.807) is 0 Å². The van der Waals surface area contributed by atoms with E-state index in [-0.39, 0.29) is 0 Å². The normalized spacial score (nSPS) is 15.5. The molecule has 0 aliphatic heterocycles. The van der Waals surface area contributed by atoms with Gasteiger partial charge in [0.15, 0.2) is 0 Å². The van der Waals surface area contributed by atoms with Crippen LogP contribution < -0.4 is 5.32 Å². The van der Waals surface area contributed by atoms with Crippen LogP contribution in [0.1, 0.15) is 32.4 Å². The Balaban J connectivity index is 1.59. The summed E-state index contributed by atoms with van der Waals surface area (Å²) < 4.78 is 7.44. The summed E-state index contributed by atoms with van der Waals surface area (Å²) >= 11 is 0. The lowest BCUT2D eigenvalue weighted by Crippen LogP contribution is -2.19.